The zero-order valence-electron chi connectivity index (χ0n) is 19.7. The molecule has 1 heterocycles. The number of hydrogen-bond donors (Lipinski definition) is 3. The van der Waals surface area contributed by atoms with Crippen LogP contribution in [0.2, 0.25) is 0 Å². The van der Waals surface area contributed by atoms with Crippen LogP contribution < -0.4 is 15.4 Å². The van der Waals surface area contributed by atoms with Gasteiger partial charge in [-0.3, -0.25) is 4.79 Å². The van der Waals surface area contributed by atoms with Gasteiger partial charge >= 0.3 is 6.03 Å². The fourth-order valence-corrected chi connectivity index (χ4v) is 4.36. The van der Waals surface area contributed by atoms with Crippen molar-refractivity contribution >= 4 is 17.6 Å². The molecule has 8 nitrogen and oxygen atoms in total. The van der Waals surface area contributed by atoms with Gasteiger partial charge < -0.3 is 20.5 Å². The topological polar surface area (TPSA) is 105 Å². The number of aromatic hydroxyl groups is 1. The van der Waals surface area contributed by atoms with Crippen molar-refractivity contribution < 1.29 is 19.4 Å². The molecule has 0 unspecified atom stereocenters. The van der Waals surface area contributed by atoms with Crippen LogP contribution in [0.15, 0.2) is 48.5 Å². The Bertz CT molecular complexity index is 1200. The van der Waals surface area contributed by atoms with Gasteiger partial charge in [0.25, 0.3) is 5.91 Å². The molecule has 0 radical (unpaired) electrons. The molecule has 4 rings (SSSR count). The van der Waals surface area contributed by atoms with E-state index in [1.807, 2.05) is 19.9 Å². The third-order valence-electron chi connectivity index (χ3n) is 6.00. The van der Waals surface area contributed by atoms with Crippen LogP contribution in [0.25, 0.3) is 11.3 Å². The normalized spacial score (nSPS) is 13.8. The summed E-state index contributed by atoms with van der Waals surface area (Å²) in [5.74, 6) is 0.398. The number of phenols is 1. The fourth-order valence-electron chi connectivity index (χ4n) is 4.36. The smallest absolute Gasteiger partial charge is 0.342 e. The highest BCUT2D eigenvalue weighted by Gasteiger charge is 2.26. The number of phenolic OH excluding ortho intramolecular Hbond substituents is 1. The minimum Gasteiger partial charge on any atom is -0.507 e. The van der Waals surface area contributed by atoms with Gasteiger partial charge in [0.15, 0.2) is 0 Å². The average Bonchev–Trinajstić information content (AvgIpc) is 3.50. The van der Waals surface area contributed by atoms with Crippen molar-refractivity contribution in [3.63, 3.8) is 0 Å². The molecule has 0 spiro atoms. The summed E-state index contributed by atoms with van der Waals surface area (Å²) in [5, 5.41) is 20.9. The highest BCUT2D eigenvalue weighted by Crippen LogP contribution is 2.38. The Kier molecular flexibility index (Phi) is 6.86. The van der Waals surface area contributed by atoms with E-state index in [-0.39, 0.29) is 29.6 Å². The molecule has 0 bridgehead atoms. The number of nitrogens with one attached hydrogen (secondary N) is 2. The molecule has 178 valence electrons. The molecule has 8 heteroatoms. The predicted molar refractivity (Wildman–Crippen MR) is 131 cm³/mol. The van der Waals surface area contributed by atoms with Gasteiger partial charge in [0, 0.05) is 23.2 Å². The number of nitrogens with zero attached hydrogens (tertiary/aromatic N) is 2. The van der Waals surface area contributed by atoms with Crippen molar-refractivity contribution in [1.82, 2.24) is 15.1 Å². The van der Waals surface area contributed by atoms with Gasteiger partial charge in [-0.25, -0.2) is 4.79 Å². The Morgan fingerprint density at radius 2 is 1.85 bits per heavy atom. The van der Waals surface area contributed by atoms with Crippen molar-refractivity contribution in [2.75, 3.05) is 12.4 Å². The second kappa shape index (κ2) is 9.99. The number of amides is 2. The van der Waals surface area contributed by atoms with E-state index in [4.69, 9.17) is 4.74 Å². The number of carbonyl (C=O) groups excluding carboxylic acids is 2. The number of ether oxygens (including phenoxy) is 1. The van der Waals surface area contributed by atoms with Crippen LogP contribution in [0.4, 0.5) is 10.5 Å². The summed E-state index contributed by atoms with van der Waals surface area (Å²) in [6.07, 6.45) is 4.24. The van der Waals surface area contributed by atoms with E-state index in [9.17, 15) is 14.7 Å². The summed E-state index contributed by atoms with van der Waals surface area (Å²) in [6, 6.07) is 13.3. The SMILES string of the molecule is COc1ccccc1C(=O)Nc1ccc(O)c(-c2cc(C3CCCC3)n(C(=O)NC(C)C)n2)c1. The number of benzene rings is 2. The van der Waals surface area contributed by atoms with E-state index < -0.39 is 0 Å². The molecule has 3 N–H and O–H groups in total. The Morgan fingerprint density at radius 3 is 2.56 bits per heavy atom. The summed E-state index contributed by atoms with van der Waals surface area (Å²) < 4.78 is 6.70. The minimum absolute atomic E-state index is 0.0159. The maximum absolute atomic E-state index is 12.8. The average molecular weight is 463 g/mol. The lowest BCUT2D eigenvalue weighted by molar-refractivity contribution is 0.102. The number of carbonyl (C=O) groups is 2. The number of methoxy groups -OCH3 is 1. The highest BCUT2D eigenvalue weighted by molar-refractivity contribution is 6.06. The van der Waals surface area contributed by atoms with Crippen molar-refractivity contribution in [2.24, 2.45) is 0 Å². The molecule has 1 aliphatic rings. The zero-order chi connectivity index (χ0) is 24.2. The lowest BCUT2D eigenvalue weighted by atomic mass is 10.0. The van der Waals surface area contributed by atoms with Gasteiger partial charge in [-0.1, -0.05) is 25.0 Å². The number of aromatic nitrogens is 2. The highest BCUT2D eigenvalue weighted by atomic mass is 16.5. The van der Waals surface area contributed by atoms with Crippen molar-refractivity contribution in [3.8, 4) is 22.8 Å². The Hall–Kier alpha value is -3.81. The number of rotatable bonds is 6. The second-order valence-electron chi connectivity index (χ2n) is 8.84. The third-order valence-corrected chi connectivity index (χ3v) is 6.00. The summed E-state index contributed by atoms with van der Waals surface area (Å²) >= 11 is 0. The molecule has 0 aliphatic heterocycles. The van der Waals surface area contributed by atoms with Gasteiger partial charge in [0.1, 0.15) is 11.5 Å². The molecule has 1 fully saturated rings. The van der Waals surface area contributed by atoms with Crippen LogP contribution in [0.5, 0.6) is 11.5 Å². The molecule has 1 aliphatic carbocycles. The van der Waals surface area contributed by atoms with Crippen LogP contribution in [0, 0.1) is 0 Å². The fraction of sp³-hybridized carbons (Fsp3) is 0.346. The number of hydrogen-bond acceptors (Lipinski definition) is 5. The quantitative estimate of drug-likeness (QED) is 0.440. The van der Waals surface area contributed by atoms with Crippen LogP contribution >= 0.6 is 0 Å². The molecule has 3 aromatic rings. The zero-order valence-corrected chi connectivity index (χ0v) is 19.7. The second-order valence-corrected chi connectivity index (χ2v) is 8.84. The van der Waals surface area contributed by atoms with Gasteiger partial charge in [-0.15, -0.1) is 0 Å². The maximum atomic E-state index is 12.8. The van der Waals surface area contributed by atoms with Crippen molar-refractivity contribution in [1.29, 1.82) is 0 Å². The number of para-hydroxylation sites is 1. The first-order chi connectivity index (χ1) is 16.4. The molecule has 2 aromatic carbocycles. The summed E-state index contributed by atoms with van der Waals surface area (Å²) in [7, 11) is 1.51. The molecular formula is C26H30N4O4. The van der Waals surface area contributed by atoms with E-state index in [0.717, 1.165) is 31.4 Å². The molecule has 2 amide bonds. The molecule has 1 aromatic heterocycles. The van der Waals surface area contributed by atoms with Crippen LogP contribution in [-0.4, -0.2) is 40.0 Å². The van der Waals surface area contributed by atoms with Gasteiger partial charge in [0.2, 0.25) is 0 Å². The summed E-state index contributed by atoms with van der Waals surface area (Å²) in [4.78, 5) is 25.7. The van der Waals surface area contributed by atoms with Crippen LogP contribution in [0.3, 0.4) is 0 Å². The monoisotopic (exact) mass is 462 g/mol. The summed E-state index contributed by atoms with van der Waals surface area (Å²) in [5.41, 5.74) is 2.65. The van der Waals surface area contributed by atoms with Gasteiger partial charge in [0.05, 0.1) is 24.1 Å². The first-order valence-electron chi connectivity index (χ1n) is 11.6. The Labute approximate surface area is 198 Å². The standard InChI is InChI=1S/C26H30N4O4/c1-16(2)27-26(33)30-22(17-8-4-5-9-17)15-21(29-30)20-14-18(12-13-23(20)31)28-25(32)19-10-6-7-11-24(19)34-3/h6-7,10-17,31H,4-5,8-9H2,1-3H3,(H,27,33)(H,28,32). The summed E-state index contributed by atoms with van der Waals surface area (Å²) in [6.45, 7) is 3.80. The van der Waals surface area contributed by atoms with Crippen molar-refractivity contribution in [3.05, 3.63) is 59.8 Å². The van der Waals surface area contributed by atoms with E-state index in [1.165, 1.54) is 17.9 Å². The first-order valence-corrected chi connectivity index (χ1v) is 11.6. The molecule has 1 saturated carbocycles. The maximum Gasteiger partial charge on any atom is 0.342 e. The Balaban J connectivity index is 1.67. The van der Waals surface area contributed by atoms with Crippen molar-refractivity contribution in [2.45, 2.75) is 51.5 Å². The first kappa shape index (κ1) is 23.4. The van der Waals surface area contributed by atoms with Crippen LogP contribution in [-0.2, 0) is 0 Å². The molecule has 0 atom stereocenters. The Morgan fingerprint density at radius 1 is 1.12 bits per heavy atom. The third kappa shape index (κ3) is 4.90. The van der Waals surface area contributed by atoms with E-state index in [2.05, 4.69) is 15.7 Å². The van der Waals surface area contributed by atoms with E-state index >= 15 is 0 Å². The van der Waals surface area contributed by atoms with Crippen LogP contribution in [0.1, 0.15) is 61.5 Å². The molecular weight excluding hydrogens is 432 g/mol. The molecule has 0 saturated heterocycles. The largest absolute Gasteiger partial charge is 0.507 e. The van der Waals surface area contributed by atoms with E-state index in [1.54, 1.807) is 36.4 Å². The lowest BCUT2D eigenvalue weighted by Gasteiger charge is -2.13. The van der Waals surface area contributed by atoms with E-state index in [0.29, 0.717) is 28.3 Å². The number of anilines is 1. The predicted octanol–water partition coefficient (Wildman–Crippen LogP) is 5.14. The van der Waals surface area contributed by atoms with Gasteiger partial charge in [-0.2, -0.15) is 9.78 Å². The van der Waals surface area contributed by atoms with Gasteiger partial charge in [-0.05, 0) is 63.1 Å². The molecule has 34 heavy (non-hydrogen) atoms. The minimum atomic E-state index is -0.331. The lowest BCUT2D eigenvalue weighted by Crippen LogP contribution is -2.35.